The second kappa shape index (κ2) is 8.13. The molecule has 1 aliphatic rings. The molecule has 0 saturated carbocycles. The molecule has 1 aliphatic heterocycles. The summed E-state index contributed by atoms with van der Waals surface area (Å²) in [5.74, 6) is 0.441. The van der Waals surface area contributed by atoms with Gasteiger partial charge >= 0.3 is 0 Å². The lowest BCUT2D eigenvalue weighted by molar-refractivity contribution is -0.130. The Balaban J connectivity index is 2.34. The largest absolute Gasteiger partial charge is 0.396 e. The monoisotopic (exact) mass is 267 g/mol. The van der Waals surface area contributed by atoms with Crippen LogP contribution >= 0.6 is 0 Å². The van der Waals surface area contributed by atoms with Gasteiger partial charge in [-0.25, -0.2) is 0 Å². The van der Waals surface area contributed by atoms with Crippen molar-refractivity contribution in [1.29, 1.82) is 5.26 Å². The number of nitriles is 1. The van der Waals surface area contributed by atoms with Gasteiger partial charge in [0.2, 0.25) is 5.91 Å². The molecule has 0 aromatic heterocycles. The molecule has 19 heavy (non-hydrogen) atoms. The summed E-state index contributed by atoms with van der Waals surface area (Å²) in [6.07, 6.45) is 3.03. The van der Waals surface area contributed by atoms with E-state index in [1.807, 2.05) is 6.07 Å². The molecule has 0 bridgehead atoms. The Hall–Kier alpha value is -1.12. The van der Waals surface area contributed by atoms with Gasteiger partial charge in [0.1, 0.15) is 0 Å². The highest BCUT2D eigenvalue weighted by atomic mass is 16.3. The zero-order chi connectivity index (χ0) is 14.3. The summed E-state index contributed by atoms with van der Waals surface area (Å²) >= 11 is 0. The molecular formula is C14H25N3O2. The Bertz CT molecular complexity index is 327. The van der Waals surface area contributed by atoms with Gasteiger partial charge in [0.15, 0.2) is 0 Å². The Kier molecular flexibility index (Phi) is 6.82. The summed E-state index contributed by atoms with van der Waals surface area (Å²) < 4.78 is 0. The first-order valence-corrected chi connectivity index (χ1v) is 7.04. The topological polar surface area (TPSA) is 67.6 Å². The zero-order valence-corrected chi connectivity index (χ0v) is 12.0. The fourth-order valence-corrected chi connectivity index (χ4v) is 2.50. The first-order chi connectivity index (χ1) is 9.08. The fraction of sp³-hybridized carbons (Fsp3) is 0.857. The van der Waals surface area contributed by atoms with Crippen LogP contribution < -0.4 is 0 Å². The highest BCUT2D eigenvalue weighted by Crippen LogP contribution is 2.21. The maximum absolute atomic E-state index is 11.9. The fourth-order valence-electron chi connectivity index (χ4n) is 2.50. The van der Waals surface area contributed by atoms with Gasteiger partial charge < -0.3 is 10.0 Å². The van der Waals surface area contributed by atoms with Crippen LogP contribution in [0.4, 0.5) is 0 Å². The number of carbonyl (C=O) groups is 1. The highest BCUT2D eigenvalue weighted by molar-refractivity contribution is 5.76. The zero-order valence-electron chi connectivity index (χ0n) is 12.0. The Morgan fingerprint density at radius 1 is 1.53 bits per heavy atom. The van der Waals surface area contributed by atoms with Gasteiger partial charge in [0, 0.05) is 45.8 Å². The standard InChI is InChI=1S/C14H25N3O2/c1-12-4-5-13(11-18)10-17(12)9-6-14(19)16(2)8-3-7-15/h12-13,18H,3-6,8-11H2,1-2H3. The van der Waals surface area contributed by atoms with E-state index in [4.69, 9.17) is 5.26 Å². The van der Waals surface area contributed by atoms with Gasteiger partial charge in [-0.15, -0.1) is 0 Å². The van der Waals surface area contributed by atoms with Crippen LogP contribution in [0.3, 0.4) is 0 Å². The van der Waals surface area contributed by atoms with E-state index in [2.05, 4.69) is 11.8 Å². The summed E-state index contributed by atoms with van der Waals surface area (Å²) in [6.45, 7) is 4.54. The van der Waals surface area contributed by atoms with Crippen molar-refractivity contribution in [1.82, 2.24) is 9.80 Å². The highest BCUT2D eigenvalue weighted by Gasteiger charge is 2.25. The molecule has 1 heterocycles. The predicted octanol–water partition coefficient (Wildman–Crippen LogP) is 0.841. The van der Waals surface area contributed by atoms with Crippen molar-refractivity contribution in [2.75, 3.05) is 33.3 Å². The van der Waals surface area contributed by atoms with E-state index >= 15 is 0 Å². The van der Waals surface area contributed by atoms with Gasteiger partial charge in [-0.2, -0.15) is 5.26 Å². The van der Waals surface area contributed by atoms with Crippen LogP contribution in [0.25, 0.3) is 0 Å². The second-order valence-electron chi connectivity index (χ2n) is 5.44. The molecule has 1 saturated heterocycles. The molecule has 1 rings (SSSR count). The van der Waals surface area contributed by atoms with Gasteiger partial charge in [-0.3, -0.25) is 9.69 Å². The lowest BCUT2D eigenvalue weighted by atomic mass is 9.94. The lowest BCUT2D eigenvalue weighted by Crippen LogP contribution is -2.44. The van der Waals surface area contributed by atoms with Crippen molar-refractivity contribution in [2.45, 2.75) is 38.6 Å². The van der Waals surface area contributed by atoms with E-state index in [0.29, 0.717) is 31.3 Å². The number of rotatable bonds is 6. The molecule has 0 radical (unpaired) electrons. The van der Waals surface area contributed by atoms with E-state index in [1.165, 1.54) is 0 Å². The Labute approximate surface area is 115 Å². The first-order valence-electron chi connectivity index (χ1n) is 7.04. The molecular weight excluding hydrogens is 242 g/mol. The van der Waals surface area contributed by atoms with Crippen LogP contribution in [-0.2, 0) is 4.79 Å². The minimum atomic E-state index is 0.0913. The smallest absolute Gasteiger partial charge is 0.223 e. The third kappa shape index (κ3) is 5.17. The third-order valence-electron chi connectivity index (χ3n) is 3.96. The molecule has 0 aromatic rings. The normalized spacial score (nSPS) is 23.9. The van der Waals surface area contributed by atoms with E-state index in [9.17, 15) is 9.90 Å². The summed E-state index contributed by atoms with van der Waals surface area (Å²) in [4.78, 5) is 15.8. The number of nitrogens with zero attached hydrogens (tertiary/aromatic N) is 3. The summed E-state index contributed by atoms with van der Waals surface area (Å²) in [6, 6.07) is 2.53. The molecule has 2 unspecified atom stereocenters. The van der Waals surface area contributed by atoms with Crippen LogP contribution in [0.2, 0.25) is 0 Å². The van der Waals surface area contributed by atoms with Crippen molar-refractivity contribution in [2.24, 2.45) is 5.92 Å². The van der Waals surface area contributed by atoms with E-state index < -0.39 is 0 Å². The van der Waals surface area contributed by atoms with Crippen molar-refractivity contribution in [3.8, 4) is 6.07 Å². The number of aliphatic hydroxyl groups excluding tert-OH is 1. The van der Waals surface area contributed by atoms with Crippen LogP contribution in [0, 0.1) is 17.2 Å². The van der Waals surface area contributed by atoms with E-state index in [-0.39, 0.29) is 12.5 Å². The average Bonchev–Trinajstić information content (AvgIpc) is 2.43. The van der Waals surface area contributed by atoms with Gasteiger partial charge in [0.05, 0.1) is 12.5 Å². The molecule has 1 fully saturated rings. The quantitative estimate of drug-likeness (QED) is 0.774. The lowest BCUT2D eigenvalue weighted by Gasteiger charge is -2.37. The minimum Gasteiger partial charge on any atom is -0.396 e. The van der Waals surface area contributed by atoms with Crippen LogP contribution in [0.15, 0.2) is 0 Å². The summed E-state index contributed by atoms with van der Waals surface area (Å²) in [5, 5.41) is 17.7. The third-order valence-corrected chi connectivity index (χ3v) is 3.96. The minimum absolute atomic E-state index is 0.0913. The Morgan fingerprint density at radius 3 is 2.89 bits per heavy atom. The van der Waals surface area contributed by atoms with Crippen molar-refractivity contribution in [3.05, 3.63) is 0 Å². The number of likely N-dealkylation sites (tertiary alicyclic amines) is 1. The molecule has 0 aliphatic carbocycles. The molecule has 2 atom stereocenters. The van der Waals surface area contributed by atoms with E-state index in [1.54, 1.807) is 11.9 Å². The summed E-state index contributed by atoms with van der Waals surface area (Å²) in [7, 11) is 1.75. The second-order valence-corrected chi connectivity index (χ2v) is 5.44. The summed E-state index contributed by atoms with van der Waals surface area (Å²) in [5.41, 5.74) is 0. The van der Waals surface area contributed by atoms with Crippen molar-refractivity contribution < 1.29 is 9.90 Å². The molecule has 1 amide bonds. The van der Waals surface area contributed by atoms with Crippen molar-refractivity contribution >= 4 is 5.91 Å². The molecule has 0 aromatic carbocycles. The maximum Gasteiger partial charge on any atom is 0.223 e. The van der Waals surface area contributed by atoms with Gasteiger partial charge in [-0.05, 0) is 25.7 Å². The number of carbonyl (C=O) groups excluding carboxylic acids is 1. The van der Waals surface area contributed by atoms with Crippen molar-refractivity contribution in [3.63, 3.8) is 0 Å². The molecule has 108 valence electrons. The number of aliphatic hydroxyl groups is 1. The first kappa shape index (κ1) is 15.9. The van der Waals surface area contributed by atoms with Crippen LogP contribution in [-0.4, -0.2) is 60.1 Å². The Morgan fingerprint density at radius 2 is 2.26 bits per heavy atom. The number of hydrogen-bond donors (Lipinski definition) is 1. The number of amides is 1. The maximum atomic E-state index is 11.9. The predicted molar refractivity (Wildman–Crippen MR) is 73.3 cm³/mol. The van der Waals surface area contributed by atoms with E-state index in [0.717, 1.165) is 25.9 Å². The molecule has 5 heteroatoms. The van der Waals surface area contributed by atoms with Gasteiger partial charge in [-0.1, -0.05) is 0 Å². The van der Waals surface area contributed by atoms with Gasteiger partial charge in [0.25, 0.3) is 0 Å². The molecule has 5 nitrogen and oxygen atoms in total. The number of hydrogen-bond acceptors (Lipinski definition) is 4. The SMILES string of the molecule is CC1CCC(CO)CN1CCC(=O)N(C)CCC#N. The van der Waals surface area contributed by atoms with Crippen LogP contribution in [0.1, 0.15) is 32.6 Å². The van der Waals surface area contributed by atoms with Crippen LogP contribution in [0.5, 0.6) is 0 Å². The molecule has 0 spiro atoms. The molecule has 1 N–H and O–H groups in total. The number of piperidine rings is 1. The average molecular weight is 267 g/mol.